The SMILES string of the molecule is Cc1ccc(C=C(CCCSc2ccc(CNCCC(=O)O)cc2)c2cc(F)cc(F)c2)cc1C. The van der Waals surface area contributed by atoms with Crippen molar-refractivity contribution in [3.8, 4) is 0 Å². The molecule has 184 valence electrons. The van der Waals surface area contributed by atoms with Crippen molar-refractivity contribution in [3.05, 3.63) is 100 Å². The van der Waals surface area contributed by atoms with E-state index in [-0.39, 0.29) is 6.42 Å². The highest BCUT2D eigenvalue weighted by molar-refractivity contribution is 7.99. The molecule has 0 aliphatic rings. The Morgan fingerprint density at radius 1 is 0.943 bits per heavy atom. The maximum absolute atomic E-state index is 13.9. The number of benzene rings is 3. The van der Waals surface area contributed by atoms with E-state index in [9.17, 15) is 13.6 Å². The number of hydrogen-bond donors (Lipinski definition) is 2. The summed E-state index contributed by atoms with van der Waals surface area (Å²) in [5.74, 6) is -1.08. The van der Waals surface area contributed by atoms with Crippen LogP contribution in [0.4, 0.5) is 8.78 Å². The van der Waals surface area contributed by atoms with E-state index in [2.05, 4.69) is 43.4 Å². The summed E-state index contributed by atoms with van der Waals surface area (Å²) in [6, 6.07) is 18.1. The summed E-state index contributed by atoms with van der Waals surface area (Å²) >= 11 is 1.74. The molecule has 0 saturated carbocycles. The van der Waals surface area contributed by atoms with Gasteiger partial charge in [-0.25, -0.2) is 8.78 Å². The van der Waals surface area contributed by atoms with E-state index < -0.39 is 17.6 Å². The minimum Gasteiger partial charge on any atom is -0.481 e. The molecule has 0 aromatic heterocycles. The van der Waals surface area contributed by atoms with Crippen molar-refractivity contribution in [2.24, 2.45) is 0 Å². The summed E-state index contributed by atoms with van der Waals surface area (Å²) in [6.45, 7) is 5.20. The molecule has 0 bridgehead atoms. The van der Waals surface area contributed by atoms with Crippen LogP contribution in [0.2, 0.25) is 0 Å². The first-order valence-corrected chi connectivity index (χ1v) is 12.7. The standard InChI is InChI=1S/C29H31F2NO2S/c1-20-5-6-23(14-21(20)2)15-24(25-16-26(30)18-27(31)17-25)4-3-13-35-28-9-7-22(8-10-28)19-32-12-11-29(33)34/h5-10,14-18,32H,3-4,11-13,19H2,1-2H3,(H,33,34). The van der Waals surface area contributed by atoms with Crippen LogP contribution in [-0.2, 0) is 11.3 Å². The summed E-state index contributed by atoms with van der Waals surface area (Å²) in [7, 11) is 0. The number of carboxylic acids is 1. The van der Waals surface area contributed by atoms with Gasteiger partial charge in [0.1, 0.15) is 11.6 Å². The highest BCUT2D eigenvalue weighted by atomic mass is 32.2. The molecule has 2 N–H and O–H groups in total. The Labute approximate surface area is 210 Å². The Balaban J connectivity index is 1.60. The number of halogens is 2. The van der Waals surface area contributed by atoms with E-state index in [1.807, 2.05) is 24.3 Å². The van der Waals surface area contributed by atoms with Crippen molar-refractivity contribution in [2.45, 2.75) is 44.6 Å². The van der Waals surface area contributed by atoms with E-state index in [4.69, 9.17) is 5.11 Å². The van der Waals surface area contributed by atoms with Crippen LogP contribution in [-0.4, -0.2) is 23.4 Å². The van der Waals surface area contributed by atoms with Crippen molar-refractivity contribution in [2.75, 3.05) is 12.3 Å². The second-order valence-electron chi connectivity index (χ2n) is 8.59. The first-order chi connectivity index (χ1) is 16.8. The van der Waals surface area contributed by atoms with Crippen LogP contribution in [0.25, 0.3) is 11.6 Å². The quantitative estimate of drug-likeness (QED) is 0.158. The zero-order chi connectivity index (χ0) is 25.2. The fraction of sp³-hybridized carbons (Fsp3) is 0.276. The lowest BCUT2D eigenvalue weighted by atomic mass is 9.97. The number of allylic oxidation sites excluding steroid dienone is 1. The van der Waals surface area contributed by atoms with Crippen LogP contribution < -0.4 is 5.32 Å². The lowest BCUT2D eigenvalue weighted by Gasteiger charge is -2.11. The van der Waals surface area contributed by atoms with Crippen LogP contribution >= 0.6 is 11.8 Å². The fourth-order valence-electron chi connectivity index (χ4n) is 3.68. The van der Waals surface area contributed by atoms with E-state index in [0.29, 0.717) is 25.1 Å². The molecule has 3 aromatic rings. The molecule has 0 aliphatic heterocycles. The predicted molar refractivity (Wildman–Crippen MR) is 141 cm³/mol. The fourth-order valence-corrected chi connectivity index (χ4v) is 4.53. The maximum Gasteiger partial charge on any atom is 0.304 e. The molecule has 0 fully saturated rings. The summed E-state index contributed by atoms with van der Waals surface area (Å²) in [6.07, 6.45) is 3.69. The van der Waals surface area contributed by atoms with Crippen LogP contribution in [0.15, 0.2) is 65.6 Å². The number of thioether (sulfide) groups is 1. The molecule has 6 heteroatoms. The Morgan fingerprint density at radius 2 is 1.66 bits per heavy atom. The van der Waals surface area contributed by atoms with E-state index in [0.717, 1.165) is 39.8 Å². The summed E-state index contributed by atoms with van der Waals surface area (Å²) in [4.78, 5) is 11.7. The molecule has 0 spiro atoms. The third-order valence-electron chi connectivity index (χ3n) is 5.73. The van der Waals surface area contributed by atoms with Gasteiger partial charge in [0.15, 0.2) is 0 Å². The van der Waals surface area contributed by atoms with Crippen molar-refractivity contribution in [3.63, 3.8) is 0 Å². The zero-order valence-corrected chi connectivity index (χ0v) is 20.9. The lowest BCUT2D eigenvalue weighted by Crippen LogP contribution is -2.17. The third kappa shape index (κ3) is 8.96. The molecule has 0 amide bonds. The van der Waals surface area contributed by atoms with E-state index in [1.165, 1.54) is 23.3 Å². The highest BCUT2D eigenvalue weighted by Crippen LogP contribution is 2.28. The van der Waals surface area contributed by atoms with E-state index in [1.54, 1.807) is 11.8 Å². The molecule has 3 nitrogen and oxygen atoms in total. The number of nitrogens with one attached hydrogen (secondary N) is 1. The molecule has 3 rings (SSSR count). The average molecular weight is 496 g/mol. The van der Waals surface area contributed by atoms with Gasteiger partial charge in [0.25, 0.3) is 0 Å². The first kappa shape index (κ1) is 26.6. The summed E-state index contributed by atoms with van der Waals surface area (Å²) < 4.78 is 27.8. The molecule has 3 aromatic carbocycles. The molecule has 35 heavy (non-hydrogen) atoms. The topological polar surface area (TPSA) is 49.3 Å². The first-order valence-electron chi connectivity index (χ1n) is 11.7. The van der Waals surface area contributed by atoms with Crippen LogP contribution in [0.1, 0.15) is 47.1 Å². The molecule has 0 saturated heterocycles. The highest BCUT2D eigenvalue weighted by Gasteiger charge is 2.08. The number of rotatable bonds is 12. The van der Waals surface area contributed by atoms with Crippen molar-refractivity contribution in [1.29, 1.82) is 0 Å². The lowest BCUT2D eigenvalue weighted by molar-refractivity contribution is -0.136. The average Bonchev–Trinajstić information content (AvgIpc) is 2.81. The second-order valence-corrected chi connectivity index (χ2v) is 9.76. The maximum atomic E-state index is 13.9. The predicted octanol–water partition coefficient (Wildman–Crippen LogP) is 7.26. The Kier molecular flexibility index (Phi) is 10.1. The Hall–Kier alpha value is -2.96. The molecule has 0 heterocycles. The second kappa shape index (κ2) is 13.2. The third-order valence-corrected chi connectivity index (χ3v) is 6.83. The van der Waals surface area contributed by atoms with Crippen LogP contribution in [0, 0.1) is 25.5 Å². The van der Waals surface area contributed by atoms with Gasteiger partial charge in [0.05, 0.1) is 6.42 Å². The number of hydrogen-bond acceptors (Lipinski definition) is 3. The van der Waals surface area contributed by atoms with Gasteiger partial charge in [-0.2, -0.15) is 0 Å². The monoisotopic (exact) mass is 495 g/mol. The molecule has 0 radical (unpaired) electrons. The number of aryl methyl sites for hydroxylation is 2. The summed E-state index contributed by atoms with van der Waals surface area (Å²) in [5, 5.41) is 11.8. The minimum absolute atomic E-state index is 0.107. The molecular weight excluding hydrogens is 464 g/mol. The van der Waals surface area contributed by atoms with Gasteiger partial charge in [0, 0.05) is 24.1 Å². The number of carboxylic acid groups (broad SMARTS) is 1. The van der Waals surface area contributed by atoms with Gasteiger partial charge in [0.2, 0.25) is 0 Å². The Morgan fingerprint density at radius 3 is 2.31 bits per heavy atom. The normalized spacial score (nSPS) is 11.6. The van der Waals surface area contributed by atoms with Gasteiger partial charge in [-0.3, -0.25) is 4.79 Å². The van der Waals surface area contributed by atoms with Crippen LogP contribution in [0.5, 0.6) is 0 Å². The van der Waals surface area contributed by atoms with Gasteiger partial charge in [-0.05, 0) is 90.1 Å². The van der Waals surface area contributed by atoms with Crippen molar-refractivity contribution < 1.29 is 18.7 Å². The smallest absolute Gasteiger partial charge is 0.304 e. The molecule has 0 unspecified atom stereocenters. The molecule has 0 atom stereocenters. The van der Waals surface area contributed by atoms with Gasteiger partial charge in [-0.15, -0.1) is 11.8 Å². The van der Waals surface area contributed by atoms with Crippen molar-refractivity contribution in [1.82, 2.24) is 5.32 Å². The number of carbonyl (C=O) groups is 1. The van der Waals surface area contributed by atoms with Crippen molar-refractivity contribution >= 4 is 29.4 Å². The van der Waals surface area contributed by atoms with Gasteiger partial charge < -0.3 is 10.4 Å². The van der Waals surface area contributed by atoms with Crippen LogP contribution in [0.3, 0.4) is 0 Å². The minimum atomic E-state index is -0.807. The molecule has 0 aliphatic carbocycles. The molecular formula is C29H31F2NO2S. The van der Waals surface area contributed by atoms with Gasteiger partial charge >= 0.3 is 5.97 Å². The largest absolute Gasteiger partial charge is 0.481 e. The van der Waals surface area contributed by atoms with Gasteiger partial charge in [-0.1, -0.05) is 36.4 Å². The number of aliphatic carboxylic acids is 1. The van der Waals surface area contributed by atoms with E-state index >= 15 is 0 Å². The summed E-state index contributed by atoms with van der Waals surface area (Å²) in [5.41, 5.74) is 6.00. The zero-order valence-electron chi connectivity index (χ0n) is 20.1. The Bertz CT molecular complexity index is 1160.